The first-order chi connectivity index (χ1) is 13.0. The zero-order valence-corrected chi connectivity index (χ0v) is 15.1. The molecule has 3 aromatic rings. The van der Waals surface area contributed by atoms with Crippen molar-refractivity contribution in [1.29, 1.82) is 5.41 Å². The van der Waals surface area contributed by atoms with Gasteiger partial charge in [0.25, 0.3) is 0 Å². The molecule has 0 bridgehead atoms. The Kier molecular flexibility index (Phi) is 5.25. The van der Waals surface area contributed by atoms with Crippen molar-refractivity contribution in [2.45, 2.75) is 19.8 Å². The molecule has 0 fully saturated rings. The third-order valence-corrected chi connectivity index (χ3v) is 4.11. The summed E-state index contributed by atoms with van der Waals surface area (Å²) < 4.78 is 6.37. The predicted octanol–water partition coefficient (Wildman–Crippen LogP) is 2.03. The molecule has 1 aromatic carbocycles. The first-order valence-electron chi connectivity index (χ1n) is 8.37. The van der Waals surface area contributed by atoms with E-state index in [1.807, 2.05) is 37.3 Å². The lowest BCUT2D eigenvalue weighted by atomic mass is 10.0. The molecule has 3 N–H and O–H groups in total. The van der Waals surface area contributed by atoms with Gasteiger partial charge in [0.2, 0.25) is 0 Å². The van der Waals surface area contributed by atoms with E-state index in [1.54, 1.807) is 17.1 Å². The number of nitrogens with two attached hydrogens (primary N) is 1. The molecule has 0 aliphatic carbocycles. The van der Waals surface area contributed by atoms with Crippen molar-refractivity contribution in [2.75, 3.05) is 7.11 Å². The first-order valence-corrected chi connectivity index (χ1v) is 8.37. The Bertz CT molecular complexity index is 978. The van der Waals surface area contributed by atoms with Crippen molar-refractivity contribution >= 4 is 11.8 Å². The average Bonchev–Trinajstić information content (AvgIpc) is 3.15. The normalized spacial score (nSPS) is 10.6. The van der Waals surface area contributed by atoms with E-state index in [1.165, 1.54) is 7.11 Å². The van der Waals surface area contributed by atoms with Crippen molar-refractivity contribution in [3.05, 3.63) is 59.7 Å². The van der Waals surface area contributed by atoms with Crippen LogP contribution in [0, 0.1) is 12.3 Å². The number of methoxy groups -OCH3 is 1. The Morgan fingerprint density at radius 1 is 1.26 bits per heavy atom. The Morgan fingerprint density at radius 2 is 2.07 bits per heavy atom. The van der Waals surface area contributed by atoms with Crippen LogP contribution in [0.15, 0.2) is 42.9 Å². The van der Waals surface area contributed by atoms with E-state index in [0.29, 0.717) is 23.5 Å². The molecular weight excluding hydrogens is 344 g/mol. The van der Waals surface area contributed by atoms with Gasteiger partial charge in [-0.2, -0.15) is 0 Å². The quantitative estimate of drug-likeness (QED) is 0.392. The Morgan fingerprint density at radius 3 is 2.74 bits per heavy atom. The maximum Gasteiger partial charge on any atom is 0.305 e. The zero-order valence-electron chi connectivity index (χ0n) is 15.1. The van der Waals surface area contributed by atoms with Crippen LogP contribution in [0.25, 0.3) is 17.1 Å². The fourth-order valence-corrected chi connectivity index (χ4v) is 2.66. The number of carbonyl (C=O) groups excluding carboxylic acids is 1. The number of hydrogen-bond donors (Lipinski definition) is 2. The Balaban J connectivity index is 1.81. The molecule has 0 aliphatic heterocycles. The number of aryl methyl sites for hydroxylation is 2. The minimum absolute atomic E-state index is 0.00978. The Labute approximate surface area is 156 Å². The number of imidazole rings is 1. The molecule has 2 heterocycles. The largest absolute Gasteiger partial charge is 0.469 e. The van der Waals surface area contributed by atoms with Crippen LogP contribution in [0.2, 0.25) is 0 Å². The van der Waals surface area contributed by atoms with E-state index in [-0.39, 0.29) is 18.2 Å². The van der Waals surface area contributed by atoms with Crippen molar-refractivity contribution < 1.29 is 9.53 Å². The summed E-state index contributed by atoms with van der Waals surface area (Å²) in [5, 5.41) is 16.3. The lowest BCUT2D eigenvalue weighted by Gasteiger charge is -2.09. The van der Waals surface area contributed by atoms with Gasteiger partial charge in [0.15, 0.2) is 5.82 Å². The van der Waals surface area contributed by atoms with Gasteiger partial charge in [-0.15, -0.1) is 10.2 Å². The monoisotopic (exact) mass is 364 g/mol. The molecule has 138 valence electrons. The van der Waals surface area contributed by atoms with Crippen molar-refractivity contribution in [3.8, 4) is 17.1 Å². The average molecular weight is 364 g/mol. The van der Waals surface area contributed by atoms with Gasteiger partial charge >= 0.3 is 5.97 Å². The third-order valence-electron chi connectivity index (χ3n) is 4.11. The number of hydrogen-bond acceptors (Lipinski definition) is 6. The number of aromatic nitrogens is 4. The molecule has 0 unspecified atom stereocenters. The highest BCUT2D eigenvalue weighted by molar-refractivity contribution is 6.01. The van der Waals surface area contributed by atoms with Gasteiger partial charge in [-0.1, -0.05) is 17.7 Å². The molecule has 3 rings (SSSR count). The van der Waals surface area contributed by atoms with E-state index >= 15 is 0 Å². The van der Waals surface area contributed by atoms with Crippen LogP contribution >= 0.6 is 0 Å². The number of nitrogens with one attached hydrogen (secondary N) is 1. The molecule has 0 aliphatic rings. The Hall–Kier alpha value is -3.55. The minimum atomic E-state index is -0.270. The topological polar surface area (TPSA) is 120 Å². The van der Waals surface area contributed by atoms with Crippen LogP contribution in [0.4, 0.5) is 0 Å². The predicted molar refractivity (Wildman–Crippen MR) is 101 cm³/mol. The molecule has 0 saturated carbocycles. The third kappa shape index (κ3) is 4.17. The maximum atomic E-state index is 11.2. The van der Waals surface area contributed by atoms with Gasteiger partial charge in [-0.25, -0.2) is 4.98 Å². The number of benzene rings is 1. The van der Waals surface area contributed by atoms with E-state index in [0.717, 1.165) is 16.8 Å². The standard InChI is InChI=1S/C19H20N6O2/c1-12-3-5-14(15(9-12)19(20)21)16-6-7-17(24-23-16)25-10-13(22-11-25)4-8-18(26)27-2/h3,5-7,9-11H,4,8H2,1-2H3,(H3,20,21). The van der Waals surface area contributed by atoms with Crippen molar-refractivity contribution in [1.82, 2.24) is 19.7 Å². The van der Waals surface area contributed by atoms with E-state index < -0.39 is 0 Å². The summed E-state index contributed by atoms with van der Waals surface area (Å²) in [7, 11) is 1.36. The summed E-state index contributed by atoms with van der Waals surface area (Å²) in [6, 6.07) is 9.33. The highest BCUT2D eigenvalue weighted by Gasteiger charge is 2.11. The number of esters is 1. The molecule has 8 heteroatoms. The van der Waals surface area contributed by atoms with Gasteiger partial charge in [-0.3, -0.25) is 14.8 Å². The number of nitrogens with zero attached hydrogens (tertiary/aromatic N) is 4. The van der Waals surface area contributed by atoms with Crippen LogP contribution in [0.1, 0.15) is 23.2 Å². The summed E-state index contributed by atoms with van der Waals surface area (Å²) in [6.07, 6.45) is 4.21. The number of ether oxygens (including phenoxy) is 1. The van der Waals surface area contributed by atoms with Crippen LogP contribution in [0.3, 0.4) is 0 Å². The molecule has 0 saturated heterocycles. The molecule has 8 nitrogen and oxygen atoms in total. The molecule has 0 atom stereocenters. The number of nitrogen functional groups attached to an aromatic ring is 1. The summed E-state index contributed by atoms with van der Waals surface area (Å²) in [5.74, 6) is 0.324. The van der Waals surface area contributed by atoms with Crippen LogP contribution in [0.5, 0.6) is 0 Å². The summed E-state index contributed by atoms with van der Waals surface area (Å²) in [5.41, 5.74) is 9.51. The van der Waals surface area contributed by atoms with E-state index in [2.05, 4.69) is 19.9 Å². The van der Waals surface area contributed by atoms with E-state index in [4.69, 9.17) is 11.1 Å². The van der Waals surface area contributed by atoms with Gasteiger partial charge in [0, 0.05) is 23.7 Å². The van der Waals surface area contributed by atoms with E-state index in [9.17, 15) is 4.79 Å². The molecule has 27 heavy (non-hydrogen) atoms. The highest BCUT2D eigenvalue weighted by atomic mass is 16.5. The van der Waals surface area contributed by atoms with Crippen LogP contribution in [-0.4, -0.2) is 38.7 Å². The summed E-state index contributed by atoms with van der Waals surface area (Å²) in [6.45, 7) is 1.95. The molecule has 2 aromatic heterocycles. The van der Waals surface area contributed by atoms with Crippen LogP contribution in [-0.2, 0) is 16.0 Å². The number of carbonyl (C=O) groups is 1. The second-order valence-corrected chi connectivity index (χ2v) is 6.09. The van der Waals surface area contributed by atoms with Gasteiger partial charge in [-0.05, 0) is 25.1 Å². The van der Waals surface area contributed by atoms with Crippen LogP contribution < -0.4 is 5.73 Å². The number of amidine groups is 1. The van der Waals surface area contributed by atoms with Crippen molar-refractivity contribution in [3.63, 3.8) is 0 Å². The number of rotatable bonds is 6. The molecule has 0 radical (unpaired) electrons. The van der Waals surface area contributed by atoms with Gasteiger partial charge in [0.05, 0.1) is 24.9 Å². The lowest BCUT2D eigenvalue weighted by molar-refractivity contribution is -0.140. The lowest BCUT2D eigenvalue weighted by Crippen LogP contribution is -2.13. The van der Waals surface area contributed by atoms with Gasteiger partial charge < -0.3 is 10.5 Å². The molecule has 0 amide bonds. The first kappa shape index (κ1) is 18.2. The van der Waals surface area contributed by atoms with Crippen molar-refractivity contribution in [2.24, 2.45) is 5.73 Å². The smallest absolute Gasteiger partial charge is 0.305 e. The molecular formula is C19H20N6O2. The minimum Gasteiger partial charge on any atom is -0.469 e. The van der Waals surface area contributed by atoms with Gasteiger partial charge in [0.1, 0.15) is 12.2 Å². The second-order valence-electron chi connectivity index (χ2n) is 6.09. The highest BCUT2D eigenvalue weighted by Crippen LogP contribution is 2.23. The SMILES string of the molecule is COC(=O)CCc1cn(-c2ccc(-c3ccc(C)cc3C(=N)N)nn2)cn1. The molecule has 0 spiro atoms. The fraction of sp³-hybridized carbons (Fsp3) is 0.211. The summed E-state index contributed by atoms with van der Waals surface area (Å²) >= 11 is 0. The zero-order chi connectivity index (χ0) is 19.4. The maximum absolute atomic E-state index is 11.2. The fourth-order valence-electron chi connectivity index (χ4n) is 2.66. The second kappa shape index (κ2) is 7.77. The summed E-state index contributed by atoms with van der Waals surface area (Å²) in [4.78, 5) is 15.5.